The van der Waals surface area contributed by atoms with Gasteiger partial charge in [-0.05, 0) is 70.4 Å². The quantitative estimate of drug-likeness (QED) is 0.357. The summed E-state index contributed by atoms with van der Waals surface area (Å²) < 4.78 is 47.0. The molecule has 148 valence electrons. The Morgan fingerprint density at radius 2 is 1.30 bits per heavy atom. The van der Waals surface area contributed by atoms with E-state index in [0.717, 1.165) is 21.9 Å². The SMILES string of the molecule is COCc1cc(F)c(-c2ccc(C#Cc3ccc4cc(F)ccc4c3)cc2)c(F)c1. The second kappa shape index (κ2) is 8.44. The Morgan fingerprint density at radius 3 is 2.00 bits per heavy atom. The fourth-order valence-electron chi connectivity index (χ4n) is 3.31. The lowest BCUT2D eigenvalue weighted by molar-refractivity contribution is 0.184. The van der Waals surface area contributed by atoms with Gasteiger partial charge in [0.1, 0.15) is 17.5 Å². The average Bonchev–Trinajstić information content (AvgIpc) is 2.73. The molecule has 0 fully saturated rings. The zero-order chi connectivity index (χ0) is 21.1. The van der Waals surface area contributed by atoms with E-state index in [4.69, 9.17) is 4.74 Å². The highest BCUT2D eigenvalue weighted by Gasteiger charge is 2.13. The Hall–Kier alpha value is -3.55. The van der Waals surface area contributed by atoms with Crippen LogP contribution >= 0.6 is 0 Å². The number of methoxy groups -OCH3 is 1. The van der Waals surface area contributed by atoms with Crippen LogP contribution in [0.25, 0.3) is 21.9 Å². The Bertz CT molecular complexity index is 1260. The molecule has 4 heteroatoms. The lowest BCUT2D eigenvalue weighted by Crippen LogP contribution is -1.96. The lowest BCUT2D eigenvalue weighted by Gasteiger charge is -2.08. The van der Waals surface area contributed by atoms with E-state index in [0.29, 0.717) is 11.1 Å². The molecule has 30 heavy (non-hydrogen) atoms. The number of hydrogen-bond acceptors (Lipinski definition) is 1. The summed E-state index contributed by atoms with van der Waals surface area (Å²) in [5, 5.41) is 1.71. The highest BCUT2D eigenvalue weighted by atomic mass is 19.1. The minimum atomic E-state index is -0.631. The summed E-state index contributed by atoms with van der Waals surface area (Å²) in [5.74, 6) is 4.57. The maximum absolute atomic E-state index is 14.4. The van der Waals surface area contributed by atoms with Crippen LogP contribution in [0.3, 0.4) is 0 Å². The molecule has 0 aromatic heterocycles. The van der Waals surface area contributed by atoms with Crippen molar-refractivity contribution in [2.45, 2.75) is 6.61 Å². The maximum atomic E-state index is 14.4. The molecule has 0 spiro atoms. The molecule has 0 amide bonds. The van der Waals surface area contributed by atoms with Gasteiger partial charge in [0.25, 0.3) is 0 Å². The number of ether oxygens (including phenoxy) is 1. The number of rotatable bonds is 3. The van der Waals surface area contributed by atoms with E-state index in [1.807, 2.05) is 18.2 Å². The third-order valence-electron chi connectivity index (χ3n) is 4.74. The first-order chi connectivity index (χ1) is 14.5. The third-order valence-corrected chi connectivity index (χ3v) is 4.74. The van der Waals surface area contributed by atoms with Crippen molar-refractivity contribution in [3.8, 4) is 23.0 Å². The smallest absolute Gasteiger partial charge is 0.134 e. The van der Waals surface area contributed by atoms with Gasteiger partial charge in [-0.2, -0.15) is 0 Å². The van der Waals surface area contributed by atoms with Crippen molar-refractivity contribution in [2.24, 2.45) is 0 Å². The second-order valence-corrected chi connectivity index (χ2v) is 6.90. The van der Waals surface area contributed by atoms with Gasteiger partial charge in [0.05, 0.1) is 12.2 Å². The van der Waals surface area contributed by atoms with Crippen molar-refractivity contribution in [2.75, 3.05) is 7.11 Å². The fourth-order valence-corrected chi connectivity index (χ4v) is 3.31. The summed E-state index contributed by atoms with van der Waals surface area (Å²) in [6.45, 7) is 0.145. The molecule has 0 N–H and O–H groups in total. The molecule has 0 saturated carbocycles. The van der Waals surface area contributed by atoms with Crippen LogP contribution in [0.2, 0.25) is 0 Å². The van der Waals surface area contributed by atoms with E-state index in [9.17, 15) is 13.2 Å². The summed E-state index contributed by atoms with van der Waals surface area (Å²) >= 11 is 0. The van der Waals surface area contributed by atoms with Crippen molar-refractivity contribution >= 4 is 10.8 Å². The van der Waals surface area contributed by atoms with E-state index in [1.165, 1.54) is 31.4 Å². The standard InChI is InChI=1S/C26H17F3O/c1-30-16-19-13-24(28)26(25(29)14-19)20-7-4-17(5-8-20)2-3-18-6-9-22-15-23(27)11-10-21(22)12-18/h4-15H,16H2,1H3. The monoisotopic (exact) mass is 402 g/mol. The summed E-state index contributed by atoms with van der Waals surface area (Å²) in [6.07, 6.45) is 0. The highest BCUT2D eigenvalue weighted by Crippen LogP contribution is 2.28. The number of halogens is 3. The molecule has 4 aromatic carbocycles. The van der Waals surface area contributed by atoms with Crippen LogP contribution in [0.5, 0.6) is 0 Å². The molecule has 0 aliphatic rings. The van der Waals surface area contributed by atoms with Gasteiger partial charge in [-0.1, -0.05) is 36.1 Å². The molecule has 0 unspecified atom stereocenters. The van der Waals surface area contributed by atoms with Crippen molar-refractivity contribution < 1.29 is 17.9 Å². The molecule has 0 heterocycles. The van der Waals surface area contributed by atoms with E-state index in [-0.39, 0.29) is 18.0 Å². The van der Waals surface area contributed by atoms with Crippen LogP contribution in [-0.4, -0.2) is 7.11 Å². The van der Waals surface area contributed by atoms with Crippen LogP contribution in [-0.2, 0) is 11.3 Å². The van der Waals surface area contributed by atoms with Gasteiger partial charge >= 0.3 is 0 Å². The maximum Gasteiger partial charge on any atom is 0.134 e. The topological polar surface area (TPSA) is 9.23 Å². The predicted molar refractivity (Wildman–Crippen MR) is 112 cm³/mol. The average molecular weight is 402 g/mol. The second-order valence-electron chi connectivity index (χ2n) is 6.90. The van der Waals surface area contributed by atoms with Gasteiger partial charge in [-0.15, -0.1) is 0 Å². The van der Waals surface area contributed by atoms with Crippen LogP contribution in [0.1, 0.15) is 16.7 Å². The summed E-state index contributed by atoms with van der Waals surface area (Å²) in [4.78, 5) is 0. The van der Waals surface area contributed by atoms with Crippen LogP contribution < -0.4 is 0 Å². The van der Waals surface area contributed by atoms with Crippen LogP contribution in [0, 0.1) is 29.3 Å². The van der Waals surface area contributed by atoms with Gasteiger partial charge in [-0.3, -0.25) is 0 Å². The first-order valence-corrected chi connectivity index (χ1v) is 9.32. The summed E-state index contributed by atoms with van der Waals surface area (Å²) in [5.41, 5.74) is 2.32. The highest BCUT2D eigenvalue weighted by molar-refractivity contribution is 5.84. The number of benzene rings is 4. The number of fused-ring (bicyclic) bond motifs is 1. The molecule has 4 aromatic rings. The van der Waals surface area contributed by atoms with Gasteiger partial charge in [0.2, 0.25) is 0 Å². The predicted octanol–water partition coefficient (Wildman–Crippen LogP) is 6.47. The molecule has 0 aliphatic heterocycles. The minimum absolute atomic E-state index is 0.0730. The molecule has 0 atom stereocenters. The van der Waals surface area contributed by atoms with E-state index >= 15 is 0 Å². The minimum Gasteiger partial charge on any atom is -0.380 e. The number of hydrogen-bond donors (Lipinski definition) is 0. The fraction of sp³-hybridized carbons (Fsp3) is 0.0769. The van der Waals surface area contributed by atoms with Gasteiger partial charge in [0.15, 0.2) is 0 Å². The Kier molecular flexibility index (Phi) is 5.56. The molecule has 1 nitrogen and oxygen atoms in total. The summed E-state index contributed by atoms with van der Waals surface area (Å²) in [7, 11) is 1.47. The zero-order valence-electron chi connectivity index (χ0n) is 16.2. The van der Waals surface area contributed by atoms with Gasteiger partial charge < -0.3 is 4.74 Å². The van der Waals surface area contributed by atoms with Gasteiger partial charge in [-0.25, -0.2) is 13.2 Å². The molecule has 0 bridgehead atoms. The normalized spacial score (nSPS) is 10.7. The van der Waals surface area contributed by atoms with Gasteiger partial charge in [0, 0.05) is 18.2 Å². The van der Waals surface area contributed by atoms with Crippen molar-refractivity contribution in [3.63, 3.8) is 0 Å². The first-order valence-electron chi connectivity index (χ1n) is 9.32. The van der Waals surface area contributed by atoms with Crippen molar-refractivity contribution in [1.29, 1.82) is 0 Å². The zero-order valence-corrected chi connectivity index (χ0v) is 16.2. The largest absolute Gasteiger partial charge is 0.380 e. The van der Waals surface area contributed by atoms with Crippen LogP contribution in [0.15, 0.2) is 72.8 Å². The Balaban J connectivity index is 1.59. The first kappa shape index (κ1) is 19.8. The lowest BCUT2D eigenvalue weighted by atomic mass is 10.0. The molecule has 4 rings (SSSR count). The van der Waals surface area contributed by atoms with Crippen LogP contribution in [0.4, 0.5) is 13.2 Å². The molecule has 0 radical (unpaired) electrons. The molecule has 0 aliphatic carbocycles. The van der Waals surface area contributed by atoms with E-state index in [1.54, 1.807) is 30.3 Å². The molecular weight excluding hydrogens is 385 g/mol. The van der Waals surface area contributed by atoms with E-state index < -0.39 is 11.6 Å². The van der Waals surface area contributed by atoms with E-state index in [2.05, 4.69) is 11.8 Å². The molecule has 0 saturated heterocycles. The Labute approximate surface area is 172 Å². The summed E-state index contributed by atoms with van der Waals surface area (Å²) in [6, 6.07) is 19.4. The Morgan fingerprint density at radius 1 is 0.700 bits per heavy atom. The van der Waals surface area contributed by atoms with Crippen molar-refractivity contribution in [3.05, 3.63) is 107 Å². The van der Waals surface area contributed by atoms with Crippen molar-refractivity contribution in [1.82, 2.24) is 0 Å². The third kappa shape index (κ3) is 4.22. The molecular formula is C26H17F3O.